The second-order valence-electron chi connectivity index (χ2n) is 10.1. The molecule has 5 aromatic rings. The lowest BCUT2D eigenvalue weighted by Crippen LogP contribution is -2.13. The standard InChI is InChI=1S/C22H22N2O.C14H15N/c1-15(2)19-6-4-5-7-21(19)17-8-10-18(11-9-17)24-22(25)20-12-13-23-14-16(20)3;1-2-11-5-3-4-6-14(11)12-7-9-13(15)10-8-12/h4-15H,1-3H3,(H,24,25);3-10H,2,15H2,1H3. The molecule has 3 N–H and O–H groups in total. The first-order valence-electron chi connectivity index (χ1n) is 13.7. The minimum absolute atomic E-state index is 0.116. The number of nitrogen functional groups attached to an aromatic ring is 1. The number of nitrogens with zero attached hydrogens (tertiary/aromatic N) is 1. The van der Waals surface area contributed by atoms with E-state index >= 15 is 0 Å². The molecule has 40 heavy (non-hydrogen) atoms. The first kappa shape index (κ1) is 28.3. The summed E-state index contributed by atoms with van der Waals surface area (Å²) in [4.78, 5) is 16.4. The lowest BCUT2D eigenvalue weighted by Gasteiger charge is -2.13. The summed E-state index contributed by atoms with van der Waals surface area (Å²) >= 11 is 0. The molecule has 0 aliphatic rings. The fourth-order valence-electron chi connectivity index (χ4n) is 4.70. The lowest BCUT2D eigenvalue weighted by atomic mass is 9.92. The largest absolute Gasteiger partial charge is 0.399 e. The Labute approximate surface area is 237 Å². The molecule has 202 valence electrons. The molecule has 0 saturated carbocycles. The highest BCUT2D eigenvalue weighted by Crippen LogP contribution is 2.30. The maximum absolute atomic E-state index is 12.4. The van der Waals surface area contributed by atoms with Crippen LogP contribution in [-0.4, -0.2) is 10.9 Å². The summed E-state index contributed by atoms with van der Waals surface area (Å²) in [6.45, 7) is 8.46. The normalized spacial score (nSPS) is 10.5. The Kier molecular flexibility index (Phi) is 9.48. The van der Waals surface area contributed by atoms with E-state index in [0.717, 1.165) is 28.9 Å². The maximum atomic E-state index is 12.4. The summed E-state index contributed by atoms with van der Waals surface area (Å²) in [5.41, 5.74) is 16.4. The van der Waals surface area contributed by atoms with Crippen LogP contribution in [0.15, 0.2) is 116 Å². The van der Waals surface area contributed by atoms with E-state index in [2.05, 4.69) is 104 Å². The molecule has 1 heterocycles. The van der Waals surface area contributed by atoms with Gasteiger partial charge in [0, 0.05) is 29.3 Å². The molecular formula is C36H37N3O. The van der Waals surface area contributed by atoms with Crippen molar-refractivity contribution in [1.29, 1.82) is 0 Å². The molecule has 0 radical (unpaired) electrons. The van der Waals surface area contributed by atoms with Crippen LogP contribution in [0.25, 0.3) is 22.3 Å². The van der Waals surface area contributed by atoms with Crippen molar-refractivity contribution >= 4 is 17.3 Å². The Bertz CT molecular complexity index is 1550. The van der Waals surface area contributed by atoms with E-state index in [1.165, 1.54) is 27.8 Å². The summed E-state index contributed by atoms with van der Waals surface area (Å²) < 4.78 is 0. The Hall–Kier alpha value is -4.70. The molecule has 0 bridgehead atoms. The quantitative estimate of drug-likeness (QED) is 0.217. The number of anilines is 2. The minimum atomic E-state index is -0.116. The van der Waals surface area contributed by atoms with Gasteiger partial charge in [0.15, 0.2) is 0 Å². The molecule has 0 atom stereocenters. The number of carbonyl (C=O) groups is 1. The first-order valence-corrected chi connectivity index (χ1v) is 13.7. The van der Waals surface area contributed by atoms with E-state index in [9.17, 15) is 4.79 Å². The van der Waals surface area contributed by atoms with Crippen molar-refractivity contribution in [3.05, 3.63) is 138 Å². The Morgan fingerprint density at radius 1 is 0.800 bits per heavy atom. The van der Waals surface area contributed by atoms with Gasteiger partial charge in [0.25, 0.3) is 5.91 Å². The number of amides is 1. The molecule has 0 unspecified atom stereocenters. The van der Waals surface area contributed by atoms with Crippen molar-refractivity contribution in [3.8, 4) is 22.3 Å². The smallest absolute Gasteiger partial charge is 0.256 e. The average molecular weight is 528 g/mol. The van der Waals surface area contributed by atoms with Crippen molar-refractivity contribution in [2.24, 2.45) is 0 Å². The summed E-state index contributed by atoms with van der Waals surface area (Å²) in [5, 5.41) is 2.95. The van der Waals surface area contributed by atoms with Crippen molar-refractivity contribution in [2.75, 3.05) is 11.1 Å². The highest BCUT2D eigenvalue weighted by atomic mass is 16.1. The van der Waals surface area contributed by atoms with Gasteiger partial charge in [-0.1, -0.05) is 93.6 Å². The maximum Gasteiger partial charge on any atom is 0.256 e. The summed E-state index contributed by atoms with van der Waals surface area (Å²) in [5.74, 6) is 0.348. The summed E-state index contributed by atoms with van der Waals surface area (Å²) in [7, 11) is 0. The van der Waals surface area contributed by atoms with Crippen LogP contribution >= 0.6 is 0 Å². The van der Waals surface area contributed by atoms with Gasteiger partial charge in [-0.3, -0.25) is 9.78 Å². The van der Waals surface area contributed by atoms with Crippen LogP contribution < -0.4 is 11.1 Å². The van der Waals surface area contributed by atoms with Gasteiger partial charge in [0.1, 0.15) is 0 Å². The Morgan fingerprint density at radius 3 is 2.05 bits per heavy atom. The first-order chi connectivity index (χ1) is 19.4. The van der Waals surface area contributed by atoms with E-state index in [0.29, 0.717) is 11.5 Å². The number of nitrogens with one attached hydrogen (secondary N) is 1. The highest BCUT2D eigenvalue weighted by Gasteiger charge is 2.11. The second kappa shape index (κ2) is 13.4. The average Bonchev–Trinajstić information content (AvgIpc) is 2.98. The Balaban J connectivity index is 0.000000210. The number of pyridine rings is 1. The molecule has 0 aliphatic carbocycles. The number of rotatable bonds is 6. The minimum Gasteiger partial charge on any atom is -0.399 e. The van der Waals surface area contributed by atoms with Crippen LogP contribution in [0.2, 0.25) is 0 Å². The number of aromatic nitrogens is 1. The van der Waals surface area contributed by atoms with Crippen molar-refractivity contribution in [2.45, 2.75) is 40.0 Å². The monoisotopic (exact) mass is 527 g/mol. The van der Waals surface area contributed by atoms with Crippen LogP contribution in [0.4, 0.5) is 11.4 Å². The zero-order chi connectivity index (χ0) is 28.5. The molecule has 1 aromatic heterocycles. The summed E-state index contributed by atoms with van der Waals surface area (Å²) in [6, 6.07) is 34.7. The van der Waals surface area contributed by atoms with E-state index in [1.54, 1.807) is 18.5 Å². The van der Waals surface area contributed by atoms with Gasteiger partial charge in [0.2, 0.25) is 0 Å². The second-order valence-corrected chi connectivity index (χ2v) is 10.1. The van der Waals surface area contributed by atoms with Gasteiger partial charge >= 0.3 is 0 Å². The summed E-state index contributed by atoms with van der Waals surface area (Å²) in [6.07, 6.45) is 4.38. The van der Waals surface area contributed by atoms with E-state index < -0.39 is 0 Å². The van der Waals surface area contributed by atoms with Crippen molar-refractivity contribution in [3.63, 3.8) is 0 Å². The van der Waals surface area contributed by atoms with E-state index in [-0.39, 0.29) is 5.91 Å². The number of nitrogens with two attached hydrogens (primary N) is 1. The predicted molar refractivity (Wildman–Crippen MR) is 169 cm³/mol. The number of hydrogen-bond donors (Lipinski definition) is 2. The molecule has 4 aromatic carbocycles. The van der Waals surface area contributed by atoms with Crippen LogP contribution in [0.3, 0.4) is 0 Å². The molecule has 5 rings (SSSR count). The fourth-order valence-corrected chi connectivity index (χ4v) is 4.70. The third-order valence-electron chi connectivity index (χ3n) is 6.92. The van der Waals surface area contributed by atoms with Gasteiger partial charge in [-0.2, -0.15) is 0 Å². The Morgan fingerprint density at radius 2 is 1.40 bits per heavy atom. The van der Waals surface area contributed by atoms with Gasteiger partial charge < -0.3 is 11.1 Å². The number of hydrogen-bond acceptors (Lipinski definition) is 3. The molecule has 4 heteroatoms. The van der Waals surface area contributed by atoms with E-state index in [4.69, 9.17) is 5.73 Å². The van der Waals surface area contributed by atoms with Gasteiger partial charge in [0.05, 0.1) is 0 Å². The fraction of sp³-hybridized carbons (Fsp3) is 0.167. The topological polar surface area (TPSA) is 68.0 Å². The molecule has 0 fully saturated rings. The third kappa shape index (κ3) is 7.03. The van der Waals surface area contributed by atoms with Crippen LogP contribution in [-0.2, 0) is 6.42 Å². The molecule has 4 nitrogen and oxygen atoms in total. The highest BCUT2D eigenvalue weighted by molar-refractivity contribution is 6.05. The molecule has 0 aliphatic heterocycles. The molecule has 1 amide bonds. The zero-order valence-electron chi connectivity index (χ0n) is 23.7. The zero-order valence-corrected chi connectivity index (χ0v) is 23.7. The van der Waals surface area contributed by atoms with Crippen molar-refractivity contribution < 1.29 is 4.79 Å². The van der Waals surface area contributed by atoms with Crippen LogP contribution in [0.5, 0.6) is 0 Å². The van der Waals surface area contributed by atoms with Crippen molar-refractivity contribution in [1.82, 2.24) is 4.98 Å². The van der Waals surface area contributed by atoms with Crippen LogP contribution in [0, 0.1) is 6.92 Å². The number of aryl methyl sites for hydroxylation is 2. The number of benzene rings is 4. The number of carbonyl (C=O) groups excluding carboxylic acids is 1. The predicted octanol–water partition coefficient (Wildman–Crippen LogP) is 8.93. The third-order valence-corrected chi connectivity index (χ3v) is 6.92. The van der Waals surface area contributed by atoms with Crippen LogP contribution in [0.1, 0.15) is 53.7 Å². The van der Waals surface area contributed by atoms with Gasteiger partial charge in [-0.05, 0) is 88.5 Å². The van der Waals surface area contributed by atoms with E-state index in [1.807, 2.05) is 31.2 Å². The van der Waals surface area contributed by atoms with Gasteiger partial charge in [-0.25, -0.2) is 0 Å². The lowest BCUT2D eigenvalue weighted by molar-refractivity contribution is 0.102. The molecular weight excluding hydrogens is 490 g/mol. The molecule has 0 saturated heterocycles. The van der Waals surface area contributed by atoms with Gasteiger partial charge in [-0.15, -0.1) is 0 Å². The molecule has 0 spiro atoms. The SMILES string of the molecule is CCc1ccccc1-c1ccc(N)cc1.Cc1cnccc1C(=O)Nc1ccc(-c2ccccc2C(C)C)cc1.